The first kappa shape index (κ1) is 41.5. The Kier molecular flexibility index (Phi) is 10.1. The molecule has 0 saturated heterocycles. The monoisotopic (exact) mass is 894 g/mol. The van der Waals surface area contributed by atoms with Gasteiger partial charge in [0.15, 0.2) is 0 Å². The normalized spacial score (nSPS) is 14.7. The van der Waals surface area contributed by atoms with Crippen molar-refractivity contribution >= 4 is 44.4 Å². The Morgan fingerprint density at radius 2 is 0.929 bits per heavy atom. The Labute approximate surface area is 410 Å². The Morgan fingerprint density at radius 1 is 0.429 bits per heavy atom. The third-order valence-corrected chi connectivity index (χ3v) is 14.9. The summed E-state index contributed by atoms with van der Waals surface area (Å²) in [5.74, 6) is 0.294. The van der Waals surface area contributed by atoms with E-state index in [2.05, 4.69) is 283 Å². The fourth-order valence-electron chi connectivity index (χ4n) is 12.1. The first-order valence-corrected chi connectivity index (χ1v) is 24.6. The fourth-order valence-corrected chi connectivity index (χ4v) is 12.1. The summed E-state index contributed by atoms with van der Waals surface area (Å²) in [5.41, 5.74) is 21.3. The van der Waals surface area contributed by atoms with Gasteiger partial charge in [-0.15, -0.1) is 0 Å². The van der Waals surface area contributed by atoms with Gasteiger partial charge in [-0.1, -0.05) is 237 Å². The lowest BCUT2D eigenvalue weighted by Crippen LogP contribution is -2.33. The summed E-state index contributed by atoms with van der Waals surface area (Å²) in [6, 6.07) is 94.0. The lowest BCUT2D eigenvalue weighted by molar-refractivity contribution is 0.583. The minimum atomic E-state index is -0.517. The molecule has 11 aromatic rings. The molecule has 13 rings (SSSR count). The summed E-state index contributed by atoms with van der Waals surface area (Å²) in [5, 5.41) is 2.43. The van der Waals surface area contributed by atoms with Crippen molar-refractivity contribution in [2.45, 2.75) is 18.8 Å². The van der Waals surface area contributed by atoms with E-state index in [0.29, 0.717) is 5.92 Å². The van der Waals surface area contributed by atoms with Gasteiger partial charge in [-0.3, -0.25) is 0 Å². The van der Waals surface area contributed by atoms with Crippen LogP contribution in [0.4, 0.5) is 17.1 Å². The first-order valence-electron chi connectivity index (χ1n) is 24.6. The molecule has 332 valence electrons. The number of benzene rings is 10. The van der Waals surface area contributed by atoms with Gasteiger partial charge >= 0.3 is 0 Å². The largest absolute Gasteiger partial charge is 0.307 e. The summed E-state index contributed by atoms with van der Waals surface area (Å²) < 4.78 is 2.48. The Bertz CT molecular complexity index is 3770. The zero-order valence-corrected chi connectivity index (χ0v) is 39.1. The molecule has 1 atom stereocenters. The molecule has 2 nitrogen and oxygen atoms in total. The van der Waals surface area contributed by atoms with E-state index in [0.717, 1.165) is 40.3 Å². The smallest absolute Gasteiger partial charge is 0.0782 e. The quantitative estimate of drug-likeness (QED) is 0.140. The van der Waals surface area contributed by atoms with E-state index in [9.17, 15) is 0 Å². The Hall–Kier alpha value is -8.72. The predicted molar refractivity (Wildman–Crippen MR) is 294 cm³/mol. The third-order valence-electron chi connectivity index (χ3n) is 14.9. The van der Waals surface area contributed by atoms with Crippen LogP contribution >= 0.6 is 0 Å². The van der Waals surface area contributed by atoms with Gasteiger partial charge in [-0.25, -0.2) is 0 Å². The predicted octanol–water partition coefficient (Wildman–Crippen LogP) is 18.0. The molecule has 0 amide bonds. The summed E-state index contributed by atoms with van der Waals surface area (Å²) in [4.78, 5) is 2.61. The van der Waals surface area contributed by atoms with Crippen molar-refractivity contribution in [1.82, 2.24) is 4.57 Å². The molecule has 70 heavy (non-hydrogen) atoms. The van der Waals surface area contributed by atoms with E-state index in [1.807, 2.05) is 0 Å². The van der Waals surface area contributed by atoms with Gasteiger partial charge in [-0.05, 0) is 104 Å². The molecule has 0 fully saturated rings. The van der Waals surface area contributed by atoms with Crippen molar-refractivity contribution in [3.8, 4) is 39.1 Å². The molecular weight excluding hydrogens is 845 g/mol. The van der Waals surface area contributed by atoms with Crippen LogP contribution in [0, 0.1) is 5.92 Å². The maximum atomic E-state index is 2.61. The number of allylic oxidation sites excluding steroid dienone is 4. The number of fused-ring (bicyclic) bond motifs is 5. The molecule has 0 aliphatic heterocycles. The van der Waals surface area contributed by atoms with Crippen molar-refractivity contribution in [3.05, 3.63) is 295 Å². The van der Waals surface area contributed by atoms with E-state index < -0.39 is 5.41 Å². The van der Waals surface area contributed by atoms with Gasteiger partial charge in [0.05, 0.1) is 33.5 Å². The topological polar surface area (TPSA) is 8.17 Å². The highest BCUT2D eigenvalue weighted by Crippen LogP contribution is 2.62. The minimum absolute atomic E-state index is 0.294. The standard InChI is InChI=1S/C68H50N2/c1-47-25-22-41-59-65-60(68(66(47)59,49-28-8-3-9-29-49)50-30-10-4-11-31-50)42-24-45-63(65)70(64-46-23-40-58-57-39-19-20-43-61(57)69(67(58)64)51-32-12-5-13-33-51)62-44-21-18-38-56(62)55-37-17-16-36-54(55)53-35-15-14-34-52(53)48-26-6-2-7-27-48/h2-24,26-47H,25H2,1H3. The second-order valence-electron chi connectivity index (χ2n) is 18.7. The molecular formula is C68H50N2. The van der Waals surface area contributed by atoms with Crippen molar-refractivity contribution in [2.24, 2.45) is 5.92 Å². The molecule has 10 aromatic carbocycles. The van der Waals surface area contributed by atoms with Crippen LogP contribution in [0.25, 0.3) is 66.4 Å². The Morgan fingerprint density at radius 3 is 1.63 bits per heavy atom. The summed E-state index contributed by atoms with van der Waals surface area (Å²) >= 11 is 0. The molecule has 1 unspecified atom stereocenters. The molecule has 1 heterocycles. The Balaban J connectivity index is 1.16. The first-order chi connectivity index (χ1) is 34.7. The fraction of sp³-hybridized carbons (Fsp3) is 0.0588. The highest BCUT2D eigenvalue weighted by atomic mass is 15.2. The van der Waals surface area contributed by atoms with Crippen molar-refractivity contribution in [3.63, 3.8) is 0 Å². The van der Waals surface area contributed by atoms with Gasteiger partial charge in [-0.2, -0.15) is 0 Å². The molecule has 0 N–H and O–H groups in total. The lowest BCUT2D eigenvalue weighted by Gasteiger charge is -2.39. The van der Waals surface area contributed by atoms with Gasteiger partial charge < -0.3 is 9.47 Å². The average molecular weight is 895 g/mol. The molecule has 1 aromatic heterocycles. The second-order valence-corrected chi connectivity index (χ2v) is 18.7. The summed E-state index contributed by atoms with van der Waals surface area (Å²) in [6.45, 7) is 2.43. The van der Waals surface area contributed by atoms with Crippen molar-refractivity contribution in [2.75, 3.05) is 4.90 Å². The van der Waals surface area contributed by atoms with Crippen molar-refractivity contribution in [1.29, 1.82) is 0 Å². The highest BCUT2D eigenvalue weighted by molar-refractivity contribution is 6.15. The van der Waals surface area contributed by atoms with Crippen LogP contribution in [0.2, 0.25) is 0 Å². The number of aromatic nitrogens is 1. The van der Waals surface area contributed by atoms with E-state index in [1.165, 1.54) is 77.5 Å². The van der Waals surface area contributed by atoms with Crippen molar-refractivity contribution < 1.29 is 0 Å². The van der Waals surface area contributed by atoms with E-state index in [4.69, 9.17) is 0 Å². The summed E-state index contributed by atoms with van der Waals surface area (Å²) in [6.07, 6.45) is 5.82. The van der Waals surface area contributed by atoms with Gasteiger partial charge in [0.2, 0.25) is 0 Å². The highest BCUT2D eigenvalue weighted by Gasteiger charge is 2.50. The SMILES string of the molecule is CC1CC=CC2=C1C(c1ccccc1)(c1ccccc1)c1cccc(N(c3ccccc3-c3ccccc3-c3ccccc3-c3ccccc3)c3cccc4c5ccccc5n(-c5ccccc5)c34)c12. The number of anilines is 3. The van der Waals surface area contributed by atoms with Crippen LogP contribution in [0.5, 0.6) is 0 Å². The molecule has 0 saturated carbocycles. The number of hydrogen-bond donors (Lipinski definition) is 0. The van der Waals surface area contributed by atoms with Gasteiger partial charge in [0.25, 0.3) is 0 Å². The number of para-hydroxylation sites is 4. The second kappa shape index (κ2) is 17.1. The number of nitrogens with zero attached hydrogens (tertiary/aromatic N) is 2. The lowest BCUT2D eigenvalue weighted by atomic mass is 9.63. The van der Waals surface area contributed by atoms with Gasteiger partial charge in [0, 0.05) is 27.6 Å². The molecule has 0 spiro atoms. The molecule has 0 bridgehead atoms. The zero-order valence-electron chi connectivity index (χ0n) is 39.1. The number of rotatable bonds is 9. The van der Waals surface area contributed by atoms with Crippen LogP contribution in [0.1, 0.15) is 35.6 Å². The minimum Gasteiger partial charge on any atom is -0.307 e. The van der Waals surface area contributed by atoms with E-state index in [1.54, 1.807) is 0 Å². The zero-order chi connectivity index (χ0) is 46.6. The molecule has 0 radical (unpaired) electrons. The van der Waals surface area contributed by atoms with E-state index >= 15 is 0 Å². The van der Waals surface area contributed by atoms with Crippen LogP contribution in [0.3, 0.4) is 0 Å². The molecule has 2 heteroatoms. The van der Waals surface area contributed by atoms with Crippen LogP contribution in [0.15, 0.2) is 273 Å². The third kappa shape index (κ3) is 6.41. The van der Waals surface area contributed by atoms with Crippen LogP contribution < -0.4 is 4.90 Å². The molecule has 2 aliphatic rings. The van der Waals surface area contributed by atoms with Gasteiger partial charge in [0.1, 0.15) is 0 Å². The average Bonchev–Trinajstić information content (AvgIpc) is 3.95. The number of hydrogen-bond acceptors (Lipinski definition) is 1. The van der Waals surface area contributed by atoms with Crippen LogP contribution in [-0.4, -0.2) is 4.57 Å². The summed E-state index contributed by atoms with van der Waals surface area (Å²) in [7, 11) is 0. The van der Waals surface area contributed by atoms with Crippen LogP contribution in [-0.2, 0) is 5.41 Å². The molecule has 2 aliphatic carbocycles. The maximum absolute atomic E-state index is 2.61. The maximum Gasteiger partial charge on any atom is 0.0782 e. The van der Waals surface area contributed by atoms with E-state index in [-0.39, 0.29) is 0 Å².